The molecule has 35 heavy (non-hydrogen) atoms. The number of hydrogen-bond acceptors (Lipinski definition) is 5. The van der Waals surface area contributed by atoms with Gasteiger partial charge in [-0.25, -0.2) is 18.6 Å². The first kappa shape index (κ1) is 22.7. The third-order valence-corrected chi connectivity index (χ3v) is 6.33. The molecule has 5 rings (SSSR count). The number of carboxylic acids is 1. The second kappa shape index (κ2) is 8.96. The summed E-state index contributed by atoms with van der Waals surface area (Å²) in [6.45, 7) is 2.46. The number of ether oxygens (including phenoxy) is 1. The molecular formula is C27H23F2N3O3. The lowest BCUT2D eigenvalue weighted by Crippen LogP contribution is -2.34. The Bertz CT molecular complexity index is 1440. The van der Waals surface area contributed by atoms with Crippen molar-refractivity contribution in [3.8, 4) is 28.1 Å². The van der Waals surface area contributed by atoms with E-state index in [1.807, 2.05) is 55.5 Å². The Kier molecular flexibility index (Phi) is 5.82. The highest BCUT2D eigenvalue weighted by molar-refractivity contribution is 6.01. The van der Waals surface area contributed by atoms with E-state index in [1.165, 1.54) is 6.07 Å². The van der Waals surface area contributed by atoms with Gasteiger partial charge in [0.25, 0.3) is 0 Å². The molecule has 0 fully saturated rings. The zero-order valence-corrected chi connectivity index (χ0v) is 18.9. The van der Waals surface area contributed by atoms with Gasteiger partial charge < -0.3 is 20.9 Å². The first-order chi connectivity index (χ1) is 16.9. The van der Waals surface area contributed by atoms with Crippen LogP contribution in [0, 0.1) is 11.6 Å². The van der Waals surface area contributed by atoms with E-state index in [0.717, 1.165) is 22.9 Å². The van der Waals surface area contributed by atoms with Crippen LogP contribution < -0.4 is 15.8 Å². The monoisotopic (exact) mass is 475 g/mol. The van der Waals surface area contributed by atoms with Crippen molar-refractivity contribution < 1.29 is 23.4 Å². The Morgan fingerprint density at radius 3 is 2.49 bits per heavy atom. The molecule has 1 unspecified atom stereocenters. The summed E-state index contributed by atoms with van der Waals surface area (Å²) < 4.78 is 34.7. The molecular weight excluding hydrogens is 452 g/mol. The number of carbonyl (C=O) groups is 1. The fraction of sp³-hybridized carbons (Fsp3) is 0.185. The minimum Gasteiger partial charge on any atom is -0.493 e. The van der Waals surface area contributed by atoms with E-state index >= 15 is 0 Å². The van der Waals surface area contributed by atoms with E-state index in [1.54, 1.807) is 0 Å². The molecule has 1 aromatic heterocycles. The predicted molar refractivity (Wildman–Crippen MR) is 131 cm³/mol. The van der Waals surface area contributed by atoms with Crippen molar-refractivity contribution in [1.29, 1.82) is 0 Å². The summed E-state index contributed by atoms with van der Waals surface area (Å²) in [5.74, 6) is -3.14. The molecule has 0 spiro atoms. The molecule has 0 saturated carbocycles. The molecule has 1 aliphatic rings. The van der Waals surface area contributed by atoms with Crippen LogP contribution >= 0.6 is 0 Å². The maximum Gasteiger partial charge on any atom is 0.326 e. The van der Waals surface area contributed by atoms with E-state index in [-0.39, 0.29) is 23.1 Å². The molecule has 0 radical (unpaired) electrons. The SMILES string of the molecule is CCOc1ccccc1-c1ccc(-c2nc3ccc(F)c(F)c3c3c2C(CN)[C@H](C(=O)O)N3)cc1. The predicted octanol–water partition coefficient (Wildman–Crippen LogP) is 5.17. The van der Waals surface area contributed by atoms with E-state index in [2.05, 4.69) is 10.3 Å². The number of benzene rings is 3. The molecule has 4 N–H and O–H groups in total. The number of hydrogen-bond donors (Lipinski definition) is 3. The summed E-state index contributed by atoms with van der Waals surface area (Å²) in [6.07, 6.45) is 0. The summed E-state index contributed by atoms with van der Waals surface area (Å²) >= 11 is 0. The summed E-state index contributed by atoms with van der Waals surface area (Å²) in [5.41, 5.74) is 9.93. The van der Waals surface area contributed by atoms with Crippen LogP contribution in [0.25, 0.3) is 33.3 Å². The van der Waals surface area contributed by atoms with Gasteiger partial charge in [-0.2, -0.15) is 0 Å². The first-order valence-electron chi connectivity index (χ1n) is 11.3. The summed E-state index contributed by atoms with van der Waals surface area (Å²) in [4.78, 5) is 16.6. The number of anilines is 1. The molecule has 2 atom stereocenters. The quantitative estimate of drug-likeness (QED) is 0.356. The van der Waals surface area contributed by atoms with Crippen LogP contribution in [0.2, 0.25) is 0 Å². The van der Waals surface area contributed by atoms with Crippen molar-refractivity contribution in [2.45, 2.75) is 18.9 Å². The van der Waals surface area contributed by atoms with E-state index < -0.39 is 29.6 Å². The van der Waals surface area contributed by atoms with Gasteiger partial charge in [-0.3, -0.25) is 0 Å². The van der Waals surface area contributed by atoms with Crippen LogP contribution in [-0.4, -0.2) is 35.3 Å². The molecule has 3 aromatic carbocycles. The average Bonchev–Trinajstić information content (AvgIpc) is 3.26. The molecule has 8 heteroatoms. The van der Waals surface area contributed by atoms with Gasteiger partial charge in [0.05, 0.1) is 28.9 Å². The highest BCUT2D eigenvalue weighted by Gasteiger charge is 2.40. The van der Waals surface area contributed by atoms with Crippen LogP contribution in [0.5, 0.6) is 5.75 Å². The van der Waals surface area contributed by atoms with Gasteiger partial charge in [-0.1, -0.05) is 42.5 Å². The van der Waals surface area contributed by atoms with Gasteiger partial charge in [0.2, 0.25) is 0 Å². The number of nitrogens with zero attached hydrogens (tertiary/aromatic N) is 1. The van der Waals surface area contributed by atoms with Gasteiger partial charge in [0.1, 0.15) is 11.8 Å². The minimum absolute atomic E-state index is 0.00605. The topological polar surface area (TPSA) is 97.5 Å². The van der Waals surface area contributed by atoms with Crippen molar-refractivity contribution in [1.82, 2.24) is 4.98 Å². The van der Waals surface area contributed by atoms with Crippen molar-refractivity contribution in [3.63, 3.8) is 0 Å². The molecule has 0 bridgehead atoms. The minimum atomic E-state index is -1.13. The van der Waals surface area contributed by atoms with Crippen LogP contribution in [0.4, 0.5) is 14.5 Å². The van der Waals surface area contributed by atoms with E-state index in [4.69, 9.17) is 10.5 Å². The molecule has 2 heterocycles. The molecule has 1 aliphatic heterocycles. The van der Waals surface area contributed by atoms with Gasteiger partial charge >= 0.3 is 5.97 Å². The largest absolute Gasteiger partial charge is 0.493 e. The fourth-order valence-corrected chi connectivity index (χ4v) is 4.74. The number of pyridine rings is 1. The van der Waals surface area contributed by atoms with E-state index in [0.29, 0.717) is 23.4 Å². The lowest BCUT2D eigenvalue weighted by Gasteiger charge is -2.17. The second-order valence-electron chi connectivity index (χ2n) is 8.31. The van der Waals surface area contributed by atoms with Gasteiger partial charge in [0.15, 0.2) is 11.6 Å². The molecule has 0 saturated heterocycles. The number of carboxylic acid groups (broad SMARTS) is 1. The molecule has 178 valence electrons. The summed E-state index contributed by atoms with van der Waals surface area (Å²) in [7, 11) is 0. The van der Waals surface area contributed by atoms with Gasteiger partial charge in [-0.15, -0.1) is 0 Å². The van der Waals surface area contributed by atoms with Crippen molar-refractivity contribution in [2.75, 3.05) is 18.5 Å². The lowest BCUT2D eigenvalue weighted by atomic mass is 9.90. The number of aromatic nitrogens is 1. The first-order valence-corrected chi connectivity index (χ1v) is 11.3. The normalized spacial score (nSPS) is 16.7. The Hall–Kier alpha value is -4.04. The molecule has 6 nitrogen and oxygen atoms in total. The summed E-state index contributed by atoms with van der Waals surface area (Å²) in [6, 6.07) is 16.6. The Labute approximate surface area is 200 Å². The smallest absolute Gasteiger partial charge is 0.326 e. The highest BCUT2D eigenvalue weighted by atomic mass is 19.2. The lowest BCUT2D eigenvalue weighted by molar-refractivity contribution is -0.138. The van der Waals surface area contributed by atoms with Crippen LogP contribution in [0.1, 0.15) is 18.4 Å². The van der Waals surface area contributed by atoms with E-state index in [9.17, 15) is 18.7 Å². The second-order valence-corrected chi connectivity index (χ2v) is 8.31. The highest BCUT2D eigenvalue weighted by Crippen LogP contribution is 2.46. The number of nitrogens with one attached hydrogen (secondary N) is 1. The average molecular weight is 475 g/mol. The number of nitrogens with two attached hydrogens (primary N) is 1. The van der Waals surface area contributed by atoms with Crippen molar-refractivity contribution >= 4 is 22.6 Å². The molecule has 0 amide bonds. The maximum absolute atomic E-state index is 14.8. The Morgan fingerprint density at radius 2 is 1.80 bits per heavy atom. The van der Waals surface area contributed by atoms with Crippen LogP contribution in [-0.2, 0) is 4.79 Å². The number of fused-ring (bicyclic) bond motifs is 3. The maximum atomic E-state index is 14.8. The van der Waals surface area contributed by atoms with Crippen LogP contribution in [0.15, 0.2) is 60.7 Å². The van der Waals surface area contributed by atoms with Gasteiger partial charge in [0, 0.05) is 29.2 Å². The summed E-state index contributed by atoms with van der Waals surface area (Å²) in [5, 5.41) is 12.6. The standard InChI is InChI=1S/C27H23F2N3O3/c1-2-35-20-6-4-3-5-16(20)14-7-9-15(10-8-14)24-21-17(13-30)25(27(33)34)32-26(21)22-19(31-24)12-11-18(28)23(22)29/h3-12,17,25,32H,2,13,30H2,1H3,(H,33,34)/t17?,25-/m1/s1. The van der Waals surface area contributed by atoms with Crippen molar-refractivity contribution in [2.24, 2.45) is 5.73 Å². The zero-order valence-electron chi connectivity index (χ0n) is 18.9. The Morgan fingerprint density at radius 1 is 1.09 bits per heavy atom. The number of aliphatic carboxylic acids is 1. The van der Waals surface area contributed by atoms with Crippen molar-refractivity contribution in [3.05, 3.63) is 77.9 Å². The number of halogens is 2. The Balaban J connectivity index is 1.69. The number of rotatable bonds is 6. The molecule has 0 aliphatic carbocycles. The zero-order chi connectivity index (χ0) is 24.7. The third-order valence-electron chi connectivity index (χ3n) is 6.33. The van der Waals surface area contributed by atoms with Crippen LogP contribution in [0.3, 0.4) is 0 Å². The third kappa shape index (κ3) is 3.76. The molecule has 4 aromatic rings. The number of para-hydroxylation sites is 1. The van der Waals surface area contributed by atoms with Gasteiger partial charge in [-0.05, 0) is 30.7 Å². The fourth-order valence-electron chi connectivity index (χ4n) is 4.74.